The van der Waals surface area contributed by atoms with Gasteiger partial charge in [0.05, 0.1) is 30.2 Å². The van der Waals surface area contributed by atoms with Crippen molar-refractivity contribution in [1.82, 2.24) is 10.2 Å². The summed E-state index contributed by atoms with van der Waals surface area (Å²) in [6.07, 6.45) is -1.64. The van der Waals surface area contributed by atoms with Crippen molar-refractivity contribution < 1.29 is 20.1 Å². The van der Waals surface area contributed by atoms with Gasteiger partial charge >= 0.3 is 0 Å². The second-order valence-electron chi connectivity index (χ2n) is 6.54. The molecule has 0 unspecified atom stereocenters. The molecule has 1 aromatic carbocycles. The highest BCUT2D eigenvalue weighted by atomic mass is 35.5. The molecule has 1 fully saturated rings. The number of aliphatic hydroxyl groups is 3. The molecule has 3 N–H and O–H groups in total. The Morgan fingerprint density at radius 3 is 2.54 bits per heavy atom. The average molecular weight is 379 g/mol. The van der Waals surface area contributed by atoms with Crippen LogP contribution in [-0.2, 0) is 17.6 Å². The molecule has 2 heterocycles. The van der Waals surface area contributed by atoms with Crippen molar-refractivity contribution in [3.05, 3.63) is 57.9 Å². The van der Waals surface area contributed by atoms with E-state index in [4.69, 9.17) is 16.3 Å². The topological polar surface area (TPSA) is 95.7 Å². The molecule has 0 bridgehead atoms. The highest BCUT2D eigenvalue weighted by Crippen LogP contribution is 2.33. The Bertz CT molecular complexity index is 741. The van der Waals surface area contributed by atoms with E-state index >= 15 is 0 Å². The quantitative estimate of drug-likeness (QED) is 0.734. The molecule has 3 rings (SSSR count). The summed E-state index contributed by atoms with van der Waals surface area (Å²) in [7, 11) is 0. The van der Waals surface area contributed by atoms with Gasteiger partial charge in [0.25, 0.3) is 0 Å². The molecule has 0 saturated carbocycles. The van der Waals surface area contributed by atoms with Crippen LogP contribution in [0.15, 0.2) is 30.3 Å². The summed E-state index contributed by atoms with van der Waals surface area (Å²) in [5.74, 6) is 0. The molecule has 26 heavy (non-hydrogen) atoms. The number of halogens is 1. The first-order valence-corrected chi connectivity index (χ1v) is 9.11. The van der Waals surface area contributed by atoms with Crippen LogP contribution in [0.4, 0.5) is 0 Å². The Morgan fingerprint density at radius 2 is 1.88 bits per heavy atom. The maximum Gasteiger partial charge on any atom is 0.110 e. The summed E-state index contributed by atoms with van der Waals surface area (Å²) < 4.78 is 5.75. The van der Waals surface area contributed by atoms with E-state index in [0.717, 1.165) is 28.9 Å². The Balaban J connectivity index is 1.80. The van der Waals surface area contributed by atoms with Crippen LogP contribution in [0.1, 0.15) is 42.0 Å². The minimum atomic E-state index is -1.09. The molecule has 0 amide bonds. The molecule has 2 aromatic rings. The molecule has 7 heteroatoms. The molecule has 0 spiro atoms. The number of rotatable bonds is 5. The van der Waals surface area contributed by atoms with Gasteiger partial charge < -0.3 is 20.1 Å². The van der Waals surface area contributed by atoms with Crippen molar-refractivity contribution in [2.24, 2.45) is 0 Å². The molecule has 1 aliphatic heterocycles. The maximum absolute atomic E-state index is 10.0. The summed E-state index contributed by atoms with van der Waals surface area (Å²) in [4.78, 5) is 0. The minimum Gasteiger partial charge on any atom is -0.394 e. The lowest BCUT2D eigenvalue weighted by Gasteiger charge is -2.36. The fourth-order valence-corrected chi connectivity index (χ4v) is 3.30. The van der Waals surface area contributed by atoms with Crippen LogP contribution in [0.5, 0.6) is 0 Å². The molecule has 1 saturated heterocycles. The van der Waals surface area contributed by atoms with Gasteiger partial charge in [0.15, 0.2) is 0 Å². The smallest absolute Gasteiger partial charge is 0.110 e. The van der Waals surface area contributed by atoms with Crippen molar-refractivity contribution in [2.45, 2.75) is 50.6 Å². The first-order chi connectivity index (χ1) is 12.5. The first kappa shape index (κ1) is 19.2. The van der Waals surface area contributed by atoms with Crippen molar-refractivity contribution in [1.29, 1.82) is 0 Å². The zero-order valence-corrected chi connectivity index (χ0v) is 15.3. The molecule has 0 radical (unpaired) electrons. The third-order valence-corrected chi connectivity index (χ3v) is 5.07. The van der Waals surface area contributed by atoms with Crippen LogP contribution >= 0.6 is 11.6 Å². The van der Waals surface area contributed by atoms with Crippen molar-refractivity contribution in [2.75, 3.05) is 6.61 Å². The highest BCUT2D eigenvalue weighted by molar-refractivity contribution is 6.31. The van der Waals surface area contributed by atoms with E-state index in [1.54, 1.807) is 6.07 Å². The Labute approximate surface area is 157 Å². The zero-order valence-electron chi connectivity index (χ0n) is 14.5. The third-order valence-electron chi connectivity index (χ3n) is 4.70. The minimum absolute atomic E-state index is 0.254. The van der Waals surface area contributed by atoms with E-state index in [9.17, 15) is 15.3 Å². The predicted octanol–water partition coefficient (Wildman–Crippen LogP) is 1.83. The average Bonchev–Trinajstić information content (AvgIpc) is 2.66. The van der Waals surface area contributed by atoms with Gasteiger partial charge in [-0.2, -0.15) is 10.2 Å². The molecular formula is C19H23ClN2O4. The highest BCUT2D eigenvalue weighted by Gasteiger charge is 2.37. The van der Waals surface area contributed by atoms with E-state index in [1.807, 2.05) is 31.2 Å². The van der Waals surface area contributed by atoms with Crippen LogP contribution in [0.3, 0.4) is 0 Å². The van der Waals surface area contributed by atoms with E-state index in [1.165, 1.54) is 0 Å². The first-order valence-electron chi connectivity index (χ1n) is 8.74. The lowest BCUT2D eigenvalue weighted by atomic mass is 9.93. The fraction of sp³-hybridized carbons (Fsp3) is 0.474. The summed E-state index contributed by atoms with van der Waals surface area (Å²) in [6.45, 7) is 1.67. The van der Waals surface area contributed by atoms with Gasteiger partial charge in [-0.1, -0.05) is 30.7 Å². The number of hydrogen-bond donors (Lipinski definition) is 3. The van der Waals surface area contributed by atoms with Gasteiger partial charge in [-0.3, -0.25) is 0 Å². The van der Waals surface area contributed by atoms with Gasteiger partial charge in [-0.05, 0) is 35.7 Å². The molecular weight excluding hydrogens is 356 g/mol. The number of aromatic nitrogens is 2. The third kappa shape index (κ3) is 4.22. The lowest BCUT2D eigenvalue weighted by Crippen LogP contribution is -2.47. The van der Waals surface area contributed by atoms with E-state index in [0.29, 0.717) is 11.4 Å². The van der Waals surface area contributed by atoms with Crippen LogP contribution in [0.25, 0.3) is 0 Å². The Hall–Kier alpha value is -1.57. The Kier molecular flexibility index (Phi) is 6.21. The Morgan fingerprint density at radius 1 is 1.15 bits per heavy atom. The summed E-state index contributed by atoms with van der Waals surface area (Å²) in [6, 6.07) is 9.43. The van der Waals surface area contributed by atoms with E-state index in [-0.39, 0.29) is 13.0 Å². The van der Waals surface area contributed by atoms with E-state index in [2.05, 4.69) is 10.2 Å². The number of aryl methyl sites for hydroxylation is 1. The van der Waals surface area contributed by atoms with Gasteiger partial charge in [0.1, 0.15) is 12.2 Å². The van der Waals surface area contributed by atoms with Crippen LogP contribution in [-0.4, -0.2) is 50.4 Å². The molecule has 1 aromatic heterocycles. The van der Waals surface area contributed by atoms with Crippen molar-refractivity contribution in [3.8, 4) is 0 Å². The molecule has 1 aliphatic rings. The van der Waals surface area contributed by atoms with Gasteiger partial charge in [0.2, 0.25) is 0 Å². The molecule has 140 valence electrons. The van der Waals surface area contributed by atoms with Crippen LogP contribution in [0.2, 0.25) is 5.02 Å². The summed E-state index contributed by atoms with van der Waals surface area (Å²) in [5.41, 5.74) is 3.47. The zero-order chi connectivity index (χ0) is 18.7. The summed E-state index contributed by atoms with van der Waals surface area (Å²) in [5, 5.41) is 38.3. The number of benzene rings is 1. The monoisotopic (exact) mass is 378 g/mol. The normalized spacial score (nSPS) is 26.0. The molecule has 6 nitrogen and oxygen atoms in total. The van der Waals surface area contributed by atoms with Gasteiger partial charge in [-0.25, -0.2) is 0 Å². The van der Waals surface area contributed by atoms with E-state index < -0.39 is 24.4 Å². The van der Waals surface area contributed by atoms with Crippen LogP contribution in [0, 0.1) is 0 Å². The number of ether oxygens (including phenoxy) is 1. The van der Waals surface area contributed by atoms with Gasteiger partial charge in [0, 0.05) is 17.9 Å². The standard InChI is InChI=1S/C19H23ClN2O4/c1-2-13-4-5-14(22-21-13)8-12-7-11(3-6-15(12)20)17-9-16(24)19(25)18(10-23)26-17/h3-7,16-19,23-25H,2,8-10H2,1H3/t16-,17-,18-,19+/m1/s1. The predicted molar refractivity (Wildman–Crippen MR) is 97.0 cm³/mol. The summed E-state index contributed by atoms with van der Waals surface area (Å²) >= 11 is 6.33. The second kappa shape index (κ2) is 8.41. The van der Waals surface area contributed by atoms with Crippen molar-refractivity contribution in [3.63, 3.8) is 0 Å². The van der Waals surface area contributed by atoms with Crippen molar-refractivity contribution >= 4 is 11.6 Å². The van der Waals surface area contributed by atoms with Gasteiger partial charge in [-0.15, -0.1) is 0 Å². The lowest BCUT2D eigenvalue weighted by molar-refractivity contribution is -0.181. The number of nitrogens with zero attached hydrogens (tertiary/aromatic N) is 2. The number of aliphatic hydroxyl groups excluding tert-OH is 3. The SMILES string of the molecule is CCc1ccc(Cc2cc([C@H]3C[C@@H](O)[C@H](O)[C@@H](CO)O3)ccc2Cl)nn1. The maximum atomic E-state index is 10.0. The second-order valence-corrected chi connectivity index (χ2v) is 6.94. The fourth-order valence-electron chi connectivity index (χ4n) is 3.12. The largest absolute Gasteiger partial charge is 0.394 e. The molecule has 4 atom stereocenters. The van der Waals surface area contributed by atoms with Crippen LogP contribution < -0.4 is 0 Å². The number of hydrogen-bond acceptors (Lipinski definition) is 6. The molecule has 0 aliphatic carbocycles.